The predicted molar refractivity (Wildman–Crippen MR) is 114 cm³/mol. The highest BCUT2D eigenvalue weighted by Gasteiger charge is 2.18. The maximum absolute atomic E-state index is 13.1. The first-order valence-electron chi connectivity index (χ1n) is 8.96. The van der Waals surface area contributed by atoms with Crippen LogP contribution in [-0.4, -0.2) is 35.1 Å². The molecule has 31 heavy (non-hydrogen) atoms. The molecule has 0 aliphatic rings. The number of aromatic nitrogens is 2. The molecule has 1 amide bonds. The fourth-order valence-electron chi connectivity index (χ4n) is 2.53. The summed E-state index contributed by atoms with van der Waals surface area (Å²) in [5.41, 5.74) is 1.42. The summed E-state index contributed by atoms with van der Waals surface area (Å²) in [6, 6.07) is 11.0. The minimum Gasteiger partial charge on any atom is -0.484 e. The average molecular weight is 465 g/mol. The molecule has 1 aromatic heterocycles. The lowest BCUT2D eigenvalue weighted by Gasteiger charge is -2.10. The van der Waals surface area contributed by atoms with Gasteiger partial charge in [-0.15, -0.1) is 0 Å². The van der Waals surface area contributed by atoms with E-state index in [9.17, 15) is 9.18 Å². The number of likely N-dealkylation sites (N-methyl/N-ethyl adjacent to an activating group) is 1. The molecular formula is C20H18ClFN4O4S. The number of rotatable bonds is 9. The van der Waals surface area contributed by atoms with Gasteiger partial charge in [-0.25, -0.2) is 4.39 Å². The highest BCUT2D eigenvalue weighted by atomic mass is 35.5. The van der Waals surface area contributed by atoms with Gasteiger partial charge in [0.2, 0.25) is 0 Å². The number of benzene rings is 2. The second kappa shape index (κ2) is 10.7. The number of hydrogen-bond acceptors (Lipinski definition) is 8. The Labute approximate surface area is 186 Å². The molecule has 2 aromatic carbocycles. The maximum Gasteiger partial charge on any atom is 0.293 e. The van der Waals surface area contributed by atoms with Crippen LogP contribution in [0.2, 0.25) is 5.02 Å². The standard InChI is InChI=1S/C20H18ClFN4O4S/c1-23-19(27)18(25-28-2)14-6-4-3-5-12(14)10-30-20-24-17(26-31-20)11-29-16-8-7-13(22)9-15(16)21/h3-9H,10-11H2,1-2H3,(H,23,27). The molecule has 1 heterocycles. The maximum atomic E-state index is 13.1. The van der Waals surface area contributed by atoms with Crippen molar-refractivity contribution in [2.45, 2.75) is 13.2 Å². The highest BCUT2D eigenvalue weighted by Crippen LogP contribution is 2.26. The molecule has 0 fully saturated rings. The van der Waals surface area contributed by atoms with E-state index in [0.717, 1.165) is 17.6 Å². The van der Waals surface area contributed by atoms with Crippen molar-refractivity contribution in [2.24, 2.45) is 5.16 Å². The molecule has 11 heteroatoms. The third-order valence-corrected chi connectivity index (χ3v) is 4.91. The Morgan fingerprint density at radius 3 is 2.77 bits per heavy atom. The zero-order valence-corrected chi connectivity index (χ0v) is 18.2. The lowest BCUT2D eigenvalue weighted by atomic mass is 10.0. The number of ether oxygens (including phenoxy) is 2. The normalized spacial score (nSPS) is 11.2. The van der Waals surface area contributed by atoms with Gasteiger partial charge >= 0.3 is 0 Å². The zero-order chi connectivity index (χ0) is 22.2. The lowest BCUT2D eigenvalue weighted by Crippen LogP contribution is -2.29. The number of halogens is 2. The van der Waals surface area contributed by atoms with Crippen LogP contribution in [0.1, 0.15) is 17.0 Å². The quantitative estimate of drug-likeness (QED) is 0.384. The van der Waals surface area contributed by atoms with Gasteiger partial charge in [-0.2, -0.15) is 9.36 Å². The van der Waals surface area contributed by atoms with E-state index >= 15 is 0 Å². The fourth-order valence-corrected chi connectivity index (χ4v) is 3.29. The molecule has 0 spiro atoms. The Hall–Kier alpha value is -3.24. The zero-order valence-electron chi connectivity index (χ0n) is 16.6. The molecule has 0 unspecified atom stereocenters. The molecule has 3 rings (SSSR count). The van der Waals surface area contributed by atoms with E-state index in [4.69, 9.17) is 25.9 Å². The second-order valence-corrected chi connectivity index (χ2v) is 7.11. The van der Waals surface area contributed by atoms with Crippen molar-refractivity contribution < 1.29 is 23.5 Å². The SMILES string of the molecule is CNC(=O)C(=NOC)c1ccccc1COc1nc(COc2ccc(F)cc2Cl)ns1. The van der Waals surface area contributed by atoms with Crippen LogP contribution in [0.15, 0.2) is 47.6 Å². The van der Waals surface area contributed by atoms with Crippen LogP contribution >= 0.6 is 23.1 Å². The van der Waals surface area contributed by atoms with Crippen molar-refractivity contribution in [1.82, 2.24) is 14.7 Å². The molecule has 162 valence electrons. The van der Waals surface area contributed by atoms with Gasteiger partial charge in [-0.1, -0.05) is 41.0 Å². The molecule has 3 aromatic rings. The van der Waals surface area contributed by atoms with Crippen LogP contribution in [-0.2, 0) is 22.8 Å². The third-order valence-electron chi connectivity index (χ3n) is 3.95. The van der Waals surface area contributed by atoms with Crippen LogP contribution in [0.5, 0.6) is 10.9 Å². The van der Waals surface area contributed by atoms with Gasteiger partial charge in [-0.3, -0.25) is 4.79 Å². The van der Waals surface area contributed by atoms with Gasteiger partial charge in [0.15, 0.2) is 11.5 Å². The summed E-state index contributed by atoms with van der Waals surface area (Å²) in [5, 5.41) is 6.84. The van der Waals surface area contributed by atoms with E-state index in [0.29, 0.717) is 27.9 Å². The van der Waals surface area contributed by atoms with Crippen LogP contribution in [0.4, 0.5) is 4.39 Å². The number of hydrogen-bond donors (Lipinski definition) is 1. The van der Waals surface area contributed by atoms with Gasteiger partial charge in [0.1, 0.15) is 31.9 Å². The first kappa shape index (κ1) is 22.4. The van der Waals surface area contributed by atoms with E-state index in [1.807, 2.05) is 12.1 Å². The summed E-state index contributed by atoms with van der Waals surface area (Å²) < 4.78 is 28.5. The van der Waals surface area contributed by atoms with Gasteiger partial charge < -0.3 is 19.6 Å². The number of carbonyl (C=O) groups is 1. The van der Waals surface area contributed by atoms with Crippen molar-refractivity contribution >= 4 is 34.8 Å². The van der Waals surface area contributed by atoms with E-state index < -0.39 is 5.82 Å². The molecule has 0 saturated heterocycles. The molecule has 1 N–H and O–H groups in total. The molecule has 0 aliphatic carbocycles. The number of nitrogens with one attached hydrogen (secondary N) is 1. The molecular weight excluding hydrogens is 447 g/mol. The third kappa shape index (κ3) is 5.89. The van der Waals surface area contributed by atoms with Crippen LogP contribution in [0.25, 0.3) is 0 Å². The Morgan fingerprint density at radius 1 is 1.23 bits per heavy atom. The largest absolute Gasteiger partial charge is 0.484 e. The van der Waals surface area contributed by atoms with Crippen molar-refractivity contribution in [2.75, 3.05) is 14.2 Å². The van der Waals surface area contributed by atoms with Crippen molar-refractivity contribution in [3.63, 3.8) is 0 Å². The molecule has 0 saturated carbocycles. The van der Waals surface area contributed by atoms with E-state index in [1.54, 1.807) is 12.1 Å². The summed E-state index contributed by atoms with van der Waals surface area (Å²) in [7, 11) is 2.88. The van der Waals surface area contributed by atoms with Crippen LogP contribution in [0, 0.1) is 5.82 Å². The molecule has 8 nitrogen and oxygen atoms in total. The smallest absolute Gasteiger partial charge is 0.293 e. The summed E-state index contributed by atoms with van der Waals surface area (Å²) >= 11 is 6.99. The van der Waals surface area contributed by atoms with Crippen molar-refractivity contribution in [3.8, 4) is 10.9 Å². The number of carbonyl (C=O) groups excluding carboxylic acids is 1. The van der Waals surface area contributed by atoms with Gasteiger partial charge in [0.25, 0.3) is 11.1 Å². The van der Waals surface area contributed by atoms with E-state index in [-0.39, 0.29) is 29.9 Å². The summed E-state index contributed by atoms with van der Waals surface area (Å²) in [6.07, 6.45) is 0. The number of amides is 1. The Kier molecular flexibility index (Phi) is 7.74. The van der Waals surface area contributed by atoms with Gasteiger partial charge in [0.05, 0.1) is 5.02 Å². The monoisotopic (exact) mass is 464 g/mol. The molecule has 0 bridgehead atoms. The Morgan fingerprint density at radius 2 is 2.03 bits per heavy atom. The van der Waals surface area contributed by atoms with Crippen molar-refractivity contribution in [1.29, 1.82) is 0 Å². The molecule has 0 radical (unpaired) electrons. The first-order valence-corrected chi connectivity index (χ1v) is 10.1. The Bertz CT molecular complexity index is 1090. The number of oxime groups is 1. The van der Waals surface area contributed by atoms with Gasteiger partial charge in [0, 0.05) is 24.1 Å². The minimum atomic E-state index is -0.449. The number of nitrogens with zero attached hydrogens (tertiary/aromatic N) is 3. The second-order valence-electron chi connectivity index (χ2n) is 5.99. The van der Waals surface area contributed by atoms with Crippen LogP contribution < -0.4 is 14.8 Å². The summed E-state index contributed by atoms with van der Waals surface area (Å²) in [6.45, 7) is 0.179. The predicted octanol–water partition coefficient (Wildman–Crippen LogP) is 3.59. The van der Waals surface area contributed by atoms with E-state index in [2.05, 4.69) is 19.8 Å². The fraction of sp³-hybridized carbons (Fsp3) is 0.200. The molecule has 0 aliphatic heterocycles. The Balaban J connectivity index is 1.66. The van der Waals surface area contributed by atoms with E-state index in [1.165, 1.54) is 26.3 Å². The summed E-state index contributed by atoms with van der Waals surface area (Å²) in [4.78, 5) is 21.2. The first-order chi connectivity index (χ1) is 15.0. The van der Waals surface area contributed by atoms with Crippen LogP contribution in [0.3, 0.4) is 0 Å². The van der Waals surface area contributed by atoms with Crippen molar-refractivity contribution in [3.05, 3.63) is 70.3 Å². The average Bonchev–Trinajstić information content (AvgIpc) is 3.23. The lowest BCUT2D eigenvalue weighted by molar-refractivity contribution is -0.114. The molecule has 0 atom stereocenters. The summed E-state index contributed by atoms with van der Waals surface area (Å²) in [5.74, 6) is -0.117. The van der Waals surface area contributed by atoms with Gasteiger partial charge in [-0.05, 0) is 23.8 Å². The highest BCUT2D eigenvalue weighted by molar-refractivity contribution is 7.07. The topological polar surface area (TPSA) is 94.9 Å². The minimum absolute atomic E-state index is 0.0448.